The van der Waals surface area contributed by atoms with E-state index in [1.165, 1.54) is 5.82 Å². The van der Waals surface area contributed by atoms with E-state index >= 15 is 0 Å². The average molecular weight is 182 g/mol. The molecule has 0 atom stereocenters. The summed E-state index contributed by atoms with van der Waals surface area (Å²) in [7, 11) is 2.07. The summed E-state index contributed by atoms with van der Waals surface area (Å²) in [4.78, 5) is 0. The highest BCUT2D eigenvalue weighted by molar-refractivity contribution is 4.95. The number of H-pyrrole nitrogens is 1. The minimum atomic E-state index is 0.110. The van der Waals surface area contributed by atoms with Crippen molar-refractivity contribution in [3.8, 4) is 0 Å². The molecule has 0 bridgehead atoms. The topological polar surface area (TPSA) is 32.6 Å². The highest BCUT2D eigenvalue weighted by Gasteiger charge is 2.29. The van der Waals surface area contributed by atoms with Gasteiger partial charge in [-0.15, -0.1) is 5.10 Å². The highest BCUT2D eigenvalue weighted by atomic mass is 15.3. The third-order valence-electron chi connectivity index (χ3n) is 2.17. The molecular weight excluding hydrogens is 162 g/mol. The fraction of sp³-hybridized carbons (Fsp3) is 0.800. The molecule has 0 saturated heterocycles. The van der Waals surface area contributed by atoms with Gasteiger partial charge >= 0.3 is 0 Å². The zero-order valence-corrected chi connectivity index (χ0v) is 9.47. The second kappa shape index (κ2) is 3.13. The van der Waals surface area contributed by atoms with Crippen molar-refractivity contribution in [2.45, 2.75) is 46.0 Å². The number of hydrogen-bond acceptors (Lipinski definition) is 1. The third-order valence-corrected chi connectivity index (χ3v) is 2.17. The van der Waals surface area contributed by atoms with Crippen LogP contribution >= 0.6 is 0 Å². The van der Waals surface area contributed by atoms with Crippen molar-refractivity contribution in [2.75, 3.05) is 0 Å². The molecule has 1 aromatic heterocycles. The van der Waals surface area contributed by atoms with E-state index in [0.717, 1.165) is 5.82 Å². The Morgan fingerprint density at radius 3 is 2.08 bits per heavy atom. The SMILES string of the molecule is CC(C)c1[nH]nc(C(C)(C)C)[n+]1C. The van der Waals surface area contributed by atoms with E-state index in [1.807, 2.05) is 0 Å². The van der Waals surface area contributed by atoms with Crippen molar-refractivity contribution in [3.05, 3.63) is 11.6 Å². The lowest BCUT2D eigenvalue weighted by Crippen LogP contribution is -2.41. The molecule has 1 rings (SSSR count). The monoisotopic (exact) mass is 182 g/mol. The van der Waals surface area contributed by atoms with Gasteiger partial charge in [0.05, 0.1) is 12.5 Å². The molecule has 0 unspecified atom stereocenters. The van der Waals surface area contributed by atoms with E-state index < -0.39 is 0 Å². The number of nitrogens with one attached hydrogen (secondary N) is 1. The minimum absolute atomic E-state index is 0.110. The van der Waals surface area contributed by atoms with E-state index in [1.54, 1.807) is 0 Å². The number of rotatable bonds is 1. The van der Waals surface area contributed by atoms with E-state index in [2.05, 4.69) is 56.4 Å². The van der Waals surface area contributed by atoms with Crippen molar-refractivity contribution >= 4 is 0 Å². The maximum Gasteiger partial charge on any atom is 0.282 e. The first-order valence-electron chi connectivity index (χ1n) is 4.79. The molecule has 0 aliphatic rings. The molecule has 0 radical (unpaired) electrons. The quantitative estimate of drug-likeness (QED) is 0.658. The lowest BCUT2D eigenvalue weighted by molar-refractivity contribution is -0.690. The maximum absolute atomic E-state index is 4.35. The van der Waals surface area contributed by atoms with Gasteiger partial charge in [0.2, 0.25) is 5.82 Å². The molecule has 13 heavy (non-hydrogen) atoms. The molecule has 0 aliphatic heterocycles. The van der Waals surface area contributed by atoms with Gasteiger partial charge in [-0.2, -0.15) is 0 Å². The van der Waals surface area contributed by atoms with Gasteiger partial charge in [-0.1, -0.05) is 13.8 Å². The lowest BCUT2D eigenvalue weighted by atomic mass is 9.96. The van der Waals surface area contributed by atoms with Crippen LogP contribution in [0.5, 0.6) is 0 Å². The average Bonchev–Trinajstić information content (AvgIpc) is 2.28. The molecule has 0 aromatic carbocycles. The first kappa shape index (κ1) is 10.2. The van der Waals surface area contributed by atoms with Gasteiger partial charge < -0.3 is 0 Å². The Morgan fingerprint density at radius 1 is 1.31 bits per heavy atom. The van der Waals surface area contributed by atoms with Crippen molar-refractivity contribution in [2.24, 2.45) is 7.05 Å². The first-order chi connectivity index (χ1) is 5.84. The predicted molar refractivity (Wildman–Crippen MR) is 52.6 cm³/mol. The maximum atomic E-state index is 4.35. The Hall–Kier alpha value is -0.860. The van der Waals surface area contributed by atoms with Gasteiger partial charge in [0.15, 0.2) is 0 Å². The smallest absolute Gasteiger partial charge is 0.234 e. The van der Waals surface area contributed by atoms with E-state index in [0.29, 0.717) is 5.92 Å². The number of hydrogen-bond donors (Lipinski definition) is 1. The van der Waals surface area contributed by atoms with Crippen LogP contribution in [0.3, 0.4) is 0 Å². The molecule has 1 aromatic rings. The molecule has 0 saturated carbocycles. The number of aromatic amines is 1. The zero-order valence-electron chi connectivity index (χ0n) is 9.47. The van der Waals surface area contributed by atoms with Crippen molar-refractivity contribution in [1.82, 2.24) is 10.2 Å². The molecule has 74 valence electrons. The van der Waals surface area contributed by atoms with Crippen molar-refractivity contribution in [1.29, 1.82) is 0 Å². The van der Waals surface area contributed by atoms with Gasteiger partial charge in [0.1, 0.15) is 0 Å². The molecule has 0 spiro atoms. The first-order valence-corrected chi connectivity index (χ1v) is 4.79. The van der Waals surface area contributed by atoms with E-state index in [4.69, 9.17) is 0 Å². The summed E-state index contributed by atoms with van der Waals surface area (Å²) >= 11 is 0. The molecule has 3 nitrogen and oxygen atoms in total. The van der Waals surface area contributed by atoms with E-state index in [-0.39, 0.29) is 5.41 Å². The second-order valence-corrected chi connectivity index (χ2v) is 4.90. The molecule has 3 heteroatoms. The molecule has 1 N–H and O–H groups in total. The fourth-order valence-corrected chi connectivity index (χ4v) is 1.56. The summed E-state index contributed by atoms with van der Waals surface area (Å²) in [6, 6.07) is 0. The van der Waals surface area contributed by atoms with Crippen molar-refractivity contribution < 1.29 is 4.57 Å². The standard InChI is InChI=1S/C10H19N3/c1-7(2)8-11-12-9(13(8)6)10(3,4)5/h7H,1-6H3/p+1. The Morgan fingerprint density at radius 2 is 1.85 bits per heavy atom. The van der Waals surface area contributed by atoms with E-state index in [9.17, 15) is 0 Å². The van der Waals surface area contributed by atoms with Crippen LogP contribution < -0.4 is 4.57 Å². The summed E-state index contributed by atoms with van der Waals surface area (Å²) < 4.78 is 2.16. The molecule has 0 fully saturated rings. The van der Waals surface area contributed by atoms with Crippen LogP contribution in [0.25, 0.3) is 0 Å². The Labute approximate surface area is 80.2 Å². The summed E-state index contributed by atoms with van der Waals surface area (Å²) in [5, 5.41) is 7.44. The molecule has 0 aliphatic carbocycles. The second-order valence-electron chi connectivity index (χ2n) is 4.90. The minimum Gasteiger partial charge on any atom is -0.234 e. The lowest BCUT2D eigenvalue weighted by Gasteiger charge is -2.11. The molecule has 1 heterocycles. The third kappa shape index (κ3) is 1.90. The van der Waals surface area contributed by atoms with Gasteiger partial charge in [0.25, 0.3) is 5.82 Å². The largest absolute Gasteiger partial charge is 0.282 e. The van der Waals surface area contributed by atoms with Gasteiger partial charge in [-0.25, -0.2) is 4.57 Å². The number of nitrogens with zero attached hydrogens (tertiary/aromatic N) is 2. The Kier molecular flexibility index (Phi) is 2.46. The van der Waals surface area contributed by atoms with Crippen LogP contribution in [0, 0.1) is 0 Å². The van der Waals surface area contributed by atoms with Crippen LogP contribution in [0.4, 0.5) is 0 Å². The fourth-order valence-electron chi connectivity index (χ4n) is 1.56. The summed E-state index contributed by atoms with van der Waals surface area (Å²) in [5.74, 6) is 2.79. The van der Waals surface area contributed by atoms with Crippen LogP contribution in [-0.2, 0) is 12.5 Å². The van der Waals surface area contributed by atoms with Gasteiger partial charge in [-0.3, -0.25) is 0 Å². The Balaban J connectivity index is 3.14. The number of aromatic nitrogens is 3. The van der Waals surface area contributed by atoms with Gasteiger partial charge in [-0.05, 0) is 20.8 Å². The van der Waals surface area contributed by atoms with Crippen LogP contribution in [0.15, 0.2) is 0 Å². The van der Waals surface area contributed by atoms with Crippen LogP contribution in [0.1, 0.15) is 52.2 Å². The Bertz CT molecular complexity index is 292. The molecular formula is C10H20N3+. The van der Waals surface area contributed by atoms with Crippen LogP contribution in [0.2, 0.25) is 0 Å². The van der Waals surface area contributed by atoms with Crippen molar-refractivity contribution in [3.63, 3.8) is 0 Å². The summed E-state index contributed by atoms with van der Waals surface area (Å²) in [6.07, 6.45) is 0. The molecule has 0 amide bonds. The zero-order chi connectivity index (χ0) is 10.2. The predicted octanol–water partition coefficient (Wildman–Crippen LogP) is 1.66. The normalized spacial score (nSPS) is 12.5. The van der Waals surface area contributed by atoms with Gasteiger partial charge in [0, 0.05) is 11.0 Å². The summed E-state index contributed by atoms with van der Waals surface area (Å²) in [5.41, 5.74) is 0.110. The van der Waals surface area contributed by atoms with Crippen LogP contribution in [-0.4, -0.2) is 10.2 Å². The highest BCUT2D eigenvalue weighted by Crippen LogP contribution is 2.17. The summed E-state index contributed by atoms with van der Waals surface area (Å²) in [6.45, 7) is 10.9.